The number of aromatic nitrogens is 1. The minimum atomic E-state index is -0.841. The van der Waals surface area contributed by atoms with Crippen molar-refractivity contribution in [1.29, 1.82) is 0 Å². The van der Waals surface area contributed by atoms with Gasteiger partial charge in [0.1, 0.15) is 11.1 Å². The van der Waals surface area contributed by atoms with Gasteiger partial charge in [0.2, 0.25) is 5.88 Å². The highest BCUT2D eigenvalue weighted by atomic mass is 16.5. The normalized spacial score (nSPS) is 19.4. The number of carboxylic acids is 1. The summed E-state index contributed by atoms with van der Waals surface area (Å²) in [5.74, 6) is -0.672. The minimum absolute atomic E-state index is 0.169. The zero-order valence-corrected chi connectivity index (χ0v) is 6.99. The molecule has 2 rings (SSSR count). The number of rotatable bonds is 2. The molecule has 1 aliphatic rings. The van der Waals surface area contributed by atoms with Gasteiger partial charge in [0.05, 0.1) is 0 Å². The van der Waals surface area contributed by atoms with Crippen molar-refractivity contribution in [1.82, 2.24) is 5.16 Å². The van der Waals surface area contributed by atoms with Crippen molar-refractivity contribution < 1.29 is 14.4 Å². The van der Waals surface area contributed by atoms with Gasteiger partial charge < -0.3 is 15.4 Å². The molecule has 0 saturated heterocycles. The molecule has 70 valence electrons. The van der Waals surface area contributed by atoms with Crippen LogP contribution in [0.3, 0.4) is 0 Å². The summed E-state index contributed by atoms with van der Waals surface area (Å²) in [4.78, 5) is 11.0. The molecule has 1 heterocycles. The summed E-state index contributed by atoms with van der Waals surface area (Å²) in [5.41, 5.74) is 4.95. The van der Waals surface area contributed by atoms with Crippen LogP contribution >= 0.6 is 0 Å². The van der Waals surface area contributed by atoms with Gasteiger partial charge in [-0.1, -0.05) is 11.6 Å². The summed E-state index contributed by atoms with van der Waals surface area (Å²) >= 11 is 0. The molecule has 1 fully saturated rings. The summed E-state index contributed by atoms with van der Waals surface area (Å²) in [5, 5.41) is 12.7. The number of nitrogens with two attached hydrogens (primary N) is 1. The van der Waals surface area contributed by atoms with E-state index in [1.54, 1.807) is 0 Å². The smallest absolute Gasteiger partial charge is 0.315 e. The van der Waals surface area contributed by atoms with Crippen LogP contribution in [0.2, 0.25) is 0 Å². The Labute approximate surface area is 74.5 Å². The molecule has 0 unspecified atom stereocenters. The molecule has 0 atom stereocenters. The molecule has 0 spiro atoms. The number of hydrogen-bond donors (Lipinski definition) is 2. The number of carboxylic acid groups (broad SMARTS) is 1. The van der Waals surface area contributed by atoms with Crippen LogP contribution in [-0.2, 0) is 10.2 Å². The average Bonchev–Trinajstić information content (AvgIpc) is 2.32. The van der Waals surface area contributed by atoms with E-state index in [0.717, 1.165) is 6.42 Å². The van der Waals surface area contributed by atoms with Crippen LogP contribution in [0, 0.1) is 0 Å². The highest BCUT2D eigenvalue weighted by molar-refractivity contribution is 5.82. The first kappa shape index (κ1) is 8.10. The second-order valence-corrected chi connectivity index (χ2v) is 3.36. The lowest BCUT2D eigenvalue weighted by molar-refractivity contribution is -0.147. The number of hydrogen-bond acceptors (Lipinski definition) is 4. The highest BCUT2D eigenvalue weighted by Crippen LogP contribution is 2.43. The van der Waals surface area contributed by atoms with E-state index in [1.165, 1.54) is 6.07 Å². The van der Waals surface area contributed by atoms with E-state index >= 15 is 0 Å². The number of aliphatic carboxylic acids is 1. The maximum Gasteiger partial charge on any atom is 0.315 e. The van der Waals surface area contributed by atoms with Gasteiger partial charge in [0.25, 0.3) is 0 Å². The molecule has 13 heavy (non-hydrogen) atoms. The predicted octanol–water partition coefficient (Wildman–Crippen LogP) is 0.763. The fourth-order valence-corrected chi connectivity index (χ4v) is 1.62. The Kier molecular flexibility index (Phi) is 1.55. The van der Waals surface area contributed by atoms with Crippen LogP contribution in [-0.4, -0.2) is 16.2 Å². The van der Waals surface area contributed by atoms with Crippen molar-refractivity contribution in [2.45, 2.75) is 24.7 Å². The van der Waals surface area contributed by atoms with E-state index in [2.05, 4.69) is 9.68 Å². The Bertz CT molecular complexity index is 341. The quantitative estimate of drug-likeness (QED) is 0.704. The van der Waals surface area contributed by atoms with Crippen molar-refractivity contribution in [2.75, 3.05) is 5.73 Å². The van der Waals surface area contributed by atoms with E-state index in [1.807, 2.05) is 0 Å². The second-order valence-electron chi connectivity index (χ2n) is 3.36. The first-order valence-electron chi connectivity index (χ1n) is 4.11. The third kappa shape index (κ3) is 0.998. The number of carbonyl (C=O) groups is 1. The molecule has 0 amide bonds. The van der Waals surface area contributed by atoms with Crippen LogP contribution in [0.5, 0.6) is 0 Å². The third-order valence-corrected chi connectivity index (χ3v) is 2.64. The van der Waals surface area contributed by atoms with E-state index in [9.17, 15) is 4.79 Å². The molecule has 5 heteroatoms. The van der Waals surface area contributed by atoms with Gasteiger partial charge in [-0.15, -0.1) is 0 Å². The first-order chi connectivity index (χ1) is 6.15. The van der Waals surface area contributed by atoms with E-state index in [-0.39, 0.29) is 5.88 Å². The van der Waals surface area contributed by atoms with Crippen LogP contribution in [0.15, 0.2) is 10.6 Å². The van der Waals surface area contributed by atoms with Gasteiger partial charge in [-0.25, -0.2) is 0 Å². The van der Waals surface area contributed by atoms with Crippen molar-refractivity contribution in [3.63, 3.8) is 0 Å². The predicted molar refractivity (Wildman–Crippen MR) is 44.1 cm³/mol. The average molecular weight is 182 g/mol. The third-order valence-electron chi connectivity index (χ3n) is 2.64. The monoisotopic (exact) mass is 182 g/mol. The molecule has 1 saturated carbocycles. The molecule has 0 bridgehead atoms. The Morgan fingerprint density at radius 1 is 1.69 bits per heavy atom. The van der Waals surface area contributed by atoms with Gasteiger partial charge in [0.15, 0.2) is 0 Å². The lowest BCUT2D eigenvalue weighted by atomic mass is 9.67. The summed E-state index contributed by atoms with van der Waals surface area (Å²) in [7, 11) is 0. The fraction of sp³-hybridized carbons (Fsp3) is 0.500. The van der Waals surface area contributed by atoms with Gasteiger partial charge in [0, 0.05) is 6.07 Å². The lowest BCUT2D eigenvalue weighted by Gasteiger charge is -2.35. The summed E-state index contributed by atoms with van der Waals surface area (Å²) in [6.07, 6.45) is 2.15. The summed E-state index contributed by atoms with van der Waals surface area (Å²) in [6.45, 7) is 0. The maximum atomic E-state index is 11.0. The van der Waals surface area contributed by atoms with Crippen LogP contribution in [0.1, 0.15) is 25.0 Å². The van der Waals surface area contributed by atoms with Crippen LogP contribution in [0.4, 0.5) is 5.88 Å². The molecule has 1 aliphatic carbocycles. The van der Waals surface area contributed by atoms with Crippen LogP contribution < -0.4 is 5.73 Å². The largest absolute Gasteiger partial charge is 0.481 e. The number of nitrogen functional groups attached to an aromatic ring is 1. The molecule has 3 N–H and O–H groups in total. The molecule has 0 radical (unpaired) electrons. The Morgan fingerprint density at radius 3 is 2.69 bits per heavy atom. The molecule has 5 nitrogen and oxygen atoms in total. The Hall–Kier alpha value is -1.52. The van der Waals surface area contributed by atoms with E-state index < -0.39 is 11.4 Å². The Morgan fingerprint density at radius 2 is 2.38 bits per heavy atom. The van der Waals surface area contributed by atoms with Crippen molar-refractivity contribution in [3.8, 4) is 0 Å². The molecular weight excluding hydrogens is 172 g/mol. The standard InChI is InChI=1S/C8H10N2O3/c9-6-4-5(10-13-6)8(7(11)12)2-1-3-8/h4H,1-3,9H2,(H,11,12). The van der Waals surface area contributed by atoms with Gasteiger partial charge in [-0.3, -0.25) is 4.79 Å². The summed E-state index contributed by atoms with van der Waals surface area (Å²) in [6, 6.07) is 1.49. The SMILES string of the molecule is Nc1cc(C2(C(=O)O)CCC2)no1. The van der Waals surface area contributed by atoms with Gasteiger partial charge in [-0.05, 0) is 12.8 Å². The molecule has 1 aromatic heterocycles. The number of nitrogens with zero attached hydrogens (tertiary/aromatic N) is 1. The highest BCUT2D eigenvalue weighted by Gasteiger charge is 2.48. The fourth-order valence-electron chi connectivity index (χ4n) is 1.62. The lowest BCUT2D eigenvalue weighted by Crippen LogP contribution is -2.42. The second kappa shape index (κ2) is 2.48. The molecular formula is C8H10N2O3. The van der Waals surface area contributed by atoms with Crippen molar-refractivity contribution in [3.05, 3.63) is 11.8 Å². The topological polar surface area (TPSA) is 89.4 Å². The van der Waals surface area contributed by atoms with Crippen molar-refractivity contribution >= 4 is 11.9 Å². The maximum absolute atomic E-state index is 11.0. The molecule has 1 aromatic rings. The van der Waals surface area contributed by atoms with Gasteiger partial charge in [-0.2, -0.15) is 0 Å². The van der Waals surface area contributed by atoms with E-state index in [4.69, 9.17) is 10.8 Å². The molecule has 0 aliphatic heterocycles. The molecule has 0 aromatic carbocycles. The van der Waals surface area contributed by atoms with Crippen molar-refractivity contribution in [2.24, 2.45) is 0 Å². The van der Waals surface area contributed by atoms with Crippen LogP contribution in [0.25, 0.3) is 0 Å². The summed E-state index contributed by atoms with van der Waals surface area (Å²) < 4.78 is 4.66. The van der Waals surface area contributed by atoms with Gasteiger partial charge >= 0.3 is 5.97 Å². The zero-order valence-electron chi connectivity index (χ0n) is 6.99. The zero-order chi connectivity index (χ0) is 9.47. The van der Waals surface area contributed by atoms with E-state index in [0.29, 0.717) is 18.5 Å². The number of anilines is 1. The minimum Gasteiger partial charge on any atom is -0.481 e. The Balaban J connectivity index is 2.37. The first-order valence-corrected chi connectivity index (χ1v) is 4.11.